The smallest absolute Gasteiger partial charge is 0.0812 e. The molecule has 2 aromatic rings. The van der Waals surface area contributed by atoms with Crippen LogP contribution in [-0.2, 0) is 6.42 Å². The van der Waals surface area contributed by atoms with Gasteiger partial charge in [0.15, 0.2) is 0 Å². The number of benzene rings is 1. The van der Waals surface area contributed by atoms with Crippen LogP contribution in [0.5, 0.6) is 0 Å². The summed E-state index contributed by atoms with van der Waals surface area (Å²) < 4.78 is 1.29. The highest BCUT2D eigenvalue weighted by molar-refractivity contribution is 9.09. The Morgan fingerprint density at radius 3 is 3.17 bits per heavy atom. The van der Waals surface area contributed by atoms with Crippen LogP contribution in [0.1, 0.15) is 5.56 Å². The molecule has 0 saturated carbocycles. The highest BCUT2D eigenvalue weighted by atomic mass is 79.9. The quantitative estimate of drug-likeness (QED) is 0.737. The largest absolute Gasteiger partial charge is 0.245 e. The predicted molar refractivity (Wildman–Crippen MR) is 57.1 cm³/mol. The van der Waals surface area contributed by atoms with Gasteiger partial charge < -0.3 is 0 Å². The first-order valence-electron chi connectivity index (χ1n) is 3.78. The molecule has 0 aliphatic rings. The molecule has 0 saturated heterocycles. The number of aryl methyl sites for hydroxylation is 1. The summed E-state index contributed by atoms with van der Waals surface area (Å²) in [6.45, 7) is 0. The van der Waals surface area contributed by atoms with Crippen molar-refractivity contribution in [2.45, 2.75) is 6.42 Å². The van der Waals surface area contributed by atoms with Crippen LogP contribution in [0.25, 0.3) is 10.2 Å². The third-order valence-electron chi connectivity index (χ3n) is 1.78. The van der Waals surface area contributed by atoms with Crippen molar-refractivity contribution in [1.82, 2.24) is 4.98 Å². The molecule has 0 fully saturated rings. The van der Waals surface area contributed by atoms with Crippen molar-refractivity contribution in [3.8, 4) is 0 Å². The summed E-state index contributed by atoms with van der Waals surface area (Å²) in [5.41, 5.74) is 4.38. The molecule has 0 N–H and O–H groups in total. The highest BCUT2D eigenvalue weighted by Crippen LogP contribution is 2.19. The van der Waals surface area contributed by atoms with Crippen LogP contribution in [-0.4, -0.2) is 10.3 Å². The zero-order chi connectivity index (χ0) is 8.39. The summed E-state index contributed by atoms with van der Waals surface area (Å²) in [5, 5.41) is 1.03. The first-order chi connectivity index (χ1) is 5.90. The molecular weight excluding hydrogens is 234 g/mol. The summed E-state index contributed by atoms with van der Waals surface area (Å²) in [4.78, 5) is 4.23. The van der Waals surface area contributed by atoms with Crippen LogP contribution in [0.3, 0.4) is 0 Å². The van der Waals surface area contributed by atoms with Crippen LogP contribution < -0.4 is 0 Å². The average Bonchev–Trinajstić information content (AvgIpc) is 2.51. The van der Waals surface area contributed by atoms with Gasteiger partial charge in [-0.05, 0) is 24.1 Å². The number of hydrogen-bond acceptors (Lipinski definition) is 2. The van der Waals surface area contributed by atoms with Crippen LogP contribution in [0.4, 0.5) is 0 Å². The third kappa shape index (κ3) is 1.52. The molecule has 1 nitrogen and oxygen atoms in total. The van der Waals surface area contributed by atoms with Crippen LogP contribution in [0.15, 0.2) is 23.7 Å². The predicted octanol–water partition coefficient (Wildman–Crippen LogP) is 3.23. The molecule has 0 amide bonds. The fraction of sp³-hybridized carbons (Fsp3) is 0.222. The average molecular weight is 242 g/mol. The van der Waals surface area contributed by atoms with Gasteiger partial charge in [0.2, 0.25) is 0 Å². The first kappa shape index (κ1) is 8.20. The van der Waals surface area contributed by atoms with Crippen molar-refractivity contribution >= 4 is 37.5 Å². The lowest BCUT2D eigenvalue weighted by atomic mass is 10.2. The minimum Gasteiger partial charge on any atom is -0.245 e. The molecule has 0 spiro atoms. The molecule has 1 heterocycles. The zero-order valence-electron chi connectivity index (χ0n) is 6.46. The Hall–Kier alpha value is -0.410. The standard InChI is InChI=1S/C9H8BrNS/c10-4-3-7-1-2-8-9(5-7)12-6-11-8/h1-2,5-6H,3-4H2. The summed E-state index contributed by atoms with van der Waals surface area (Å²) in [6, 6.07) is 6.45. The number of halogens is 1. The minimum atomic E-state index is 1.03. The van der Waals surface area contributed by atoms with Gasteiger partial charge in [-0.15, -0.1) is 11.3 Å². The number of rotatable bonds is 2. The number of hydrogen-bond donors (Lipinski definition) is 0. The van der Waals surface area contributed by atoms with E-state index < -0.39 is 0 Å². The Balaban J connectivity index is 2.46. The van der Waals surface area contributed by atoms with Crippen molar-refractivity contribution in [1.29, 1.82) is 0 Å². The van der Waals surface area contributed by atoms with Gasteiger partial charge in [-0.2, -0.15) is 0 Å². The SMILES string of the molecule is BrCCc1ccc2ncsc2c1. The molecule has 0 atom stereocenters. The van der Waals surface area contributed by atoms with Gasteiger partial charge in [0.25, 0.3) is 0 Å². The molecule has 62 valence electrons. The molecule has 1 aromatic carbocycles. The Morgan fingerprint density at radius 2 is 2.33 bits per heavy atom. The van der Waals surface area contributed by atoms with Gasteiger partial charge in [-0.3, -0.25) is 0 Å². The first-order valence-corrected chi connectivity index (χ1v) is 5.78. The van der Waals surface area contributed by atoms with Crippen molar-refractivity contribution in [3.63, 3.8) is 0 Å². The molecule has 0 aliphatic carbocycles. The van der Waals surface area contributed by atoms with Gasteiger partial charge in [-0.1, -0.05) is 22.0 Å². The van der Waals surface area contributed by atoms with Crippen molar-refractivity contribution in [3.05, 3.63) is 29.3 Å². The summed E-state index contributed by atoms with van der Waals surface area (Å²) in [6.07, 6.45) is 1.09. The van der Waals surface area contributed by atoms with E-state index in [4.69, 9.17) is 0 Å². The lowest BCUT2D eigenvalue weighted by Crippen LogP contribution is -1.83. The van der Waals surface area contributed by atoms with Gasteiger partial charge >= 0.3 is 0 Å². The minimum absolute atomic E-state index is 1.03. The molecule has 0 radical (unpaired) electrons. The zero-order valence-corrected chi connectivity index (χ0v) is 8.86. The van der Waals surface area contributed by atoms with E-state index in [1.807, 2.05) is 5.51 Å². The molecule has 12 heavy (non-hydrogen) atoms. The Labute approximate surface area is 83.6 Å². The van der Waals surface area contributed by atoms with E-state index in [0.29, 0.717) is 0 Å². The maximum Gasteiger partial charge on any atom is 0.0812 e. The van der Waals surface area contributed by atoms with E-state index in [0.717, 1.165) is 17.3 Å². The topological polar surface area (TPSA) is 12.9 Å². The van der Waals surface area contributed by atoms with E-state index in [1.165, 1.54) is 10.3 Å². The van der Waals surface area contributed by atoms with E-state index in [-0.39, 0.29) is 0 Å². The molecular formula is C9H8BrNS. The van der Waals surface area contributed by atoms with Crippen molar-refractivity contribution < 1.29 is 0 Å². The summed E-state index contributed by atoms with van der Waals surface area (Å²) in [7, 11) is 0. The number of fused-ring (bicyclic) bond motifs is 1. The van der Waals surface area contributed by atoms with E-state index in [1.54, 1.807) is 11.3 Å². The fourth-order valence-corrected chi connectivity index (χ4v) is 2.36. The van der Waals surface area contributed by atoms with Crippen LogP contribution in [0, 0.1) is 0 Å². The van der Waals surface area contributed by atoms with Gasteiger partial charge in [0.05, 0.1) is 15.7 Å². The Kier molecular flexibility index (Phi) is 2.42. The second-order valence-corrected chi connectivity index (χ2v) is 4.27. The Morgan fingerprint density at radius 1 is 1.42 bits per heavy atom. The van der Waals surface area contributed by atoms with Gasteiger partial charge in [-0.25, -0.2) is 4.98 Å². The van der Waals surface area contributed by atoms with E-state index in [2.05, 4.69) is 39.1 Å². The summed E-state index contributed by atoms with van der Waals surface area (Å²) in [5.74, 6) is 0. The maximum absolute atomic E-state index is 4.23. The highest BCUT2D eigenvalue weighted by Gasteiger charge is 1.97. The third-order valence-corrected chi connectivity index (χ3v) is 2.97. The Bertz CT molecular complexity index is 383. The maximum atomic E-state index is 4.23. The number of nitrogens with zero attached hydrogens (tertiary/aromatic N) is 1. The fourth-order valence-electron chi connectivity index (χ4n) is 1.16. The number of aromatic nitrogens is 1. The second kappa shape index (κ2) is 3.54. The molecule has 0 bridgehead atoms. The van der Waals surface area contributed by atoms with E-state index in [9.17, 15) is 0 Å². The molecule has 1 aromatic heterocycles. The van der Waals surface area contributed by atoms with Crippen LogP contribution >= 0.6 is 27.3 Å². The summed E-state index contributed by atoms with van der Waals surface area (Å²) >= 11 is 5.13. The molecule has 0 unspecified atom stereocenters. The molecule has 2 rings (SSSR count). The normalized spacial score (nSPS) is 10.8. The van der Waals surface area contributed by atoms with Crippen molar-refractivity contribution in [2.24, 2.45) is 0 Å². The van der Waals surface area contributed by atoms with Crippen LogP contribution in [0.2, 0.25) is 0 Å². The number of alkyl halides is 1. The van der Waals surface area contributed by atoms with E-state index >= 15 is 0 Å². The lowest BCUT2D eigenvalue weighted by Gasteiger charge is -1.95. The lowest BCUT2D eigenvalue weighted by molar-refractivity contribution is 1.18. The molecule has 3 heteroatoms. The monoisotopic (exact) mass is 241 g/mol. The molecule has 0 aliphatic heterocycles. The van der Waals surface area contributed by atoms with Gasteiger partial charge in [0.1, 0.15) is 0 Å². The van der Waals surface area contributed by atoms with Gasteiger partial charge in [0, 0.05) is 5.33 Å². The second-order valence-electron chi connectivity index (χ2n) is 2.59. The number of thiazole rings is 1. The van der Waals surface area contributed by atoms with Crippen molar-refractivity contribution in [2.75, 3.05) is 5.33 Å².